The molecule has 3 aromatic carbocycles. The van der Waals surface area contributed by atoms with Gasteiger partial charge in [-0.2, -0.15) is 0 Å². The van der Waals surface area contributed by atoms with Crippen LogP contribution in [0, 0.1) is 0 Å². The van der Waals surface area contributed by atoms with Crippen LogP contribution in [0.15, 0.2) is 71.1 Å². The first kappa shape index (κ1) is 23.5. The van der Waals surface area contributed by atoms with E-state index in [9.17, 15) is 9.90 Å². The molecular formula is C27H29N3O4. The van der Waals surface area contributed by atoms with Gasteiger partial charge in [-0.15, -0.1) is 0 Å². The van der Waals surface area contributed by atoms with Crippen molar-refractivity contribution in [3.05, 3.63) is 89.2 Å². The van der Waals surface area contributed by atoms with Crippen molar-refractivity contribution in [2.24, 2.45) is 11.5 Å². The van der Waals surface area contributed by atoms with Crippen molar-refractivity contribution in [2.45, 2.75) is 26.1 Å². The summed E-state index contributed by atoms with van der Waals surface area (Å²) in [5.74, 6) is 0.494. The molecule has 1 aromatic heterocycles. The Morgan fingerprint density at radius 2 is 1.85 bits per heavy atom. The zero-order valence-corrected chi connectivity index (χ0v) is 18.9. The van der Waals surface area contributed by atoms with E-state index in [1.807, 2.05) is 42.5 Å². The number of furan rings is 1. The lowest BCUT2D eigenvalue weighted by molar-refractivity contribution is -0.136. The minimum atomic E-state index is -0.895. The van der Waals surface area contributed by atoms with Crippen LogP contribution in [0.2, 0.25) is 0 Å². The van der Waals surface area contributed by atoms with E-state index in [2.05, 4.69) is 17.4 Å². The molecule has 4 aromatic rings. The third-order valence-electron chi connectivity index (χ3n) is 5.53. The molecule has 34 heavy (non-hydrogen) atoms. The number of carbonyl (C=O) groups is 1. The largest absolute Gasteiger partial charge is 0.489 e. The maximum absolute atomic E-state index is 11.2. The average molecular weight is 460 g/mol. The van der Waals surface area contributed by atoms with Gasteiger partial charge in [-0.3, -0.25) is 4.79 Å². The summed E-state index contributed by atoms with van der Waals surface area (Å²) in [7, 11) is 0. The molecule has 0 spiro atoms. The Morgan fingerprint density at radius 3 is 2.65 bits per heavy atom. The molecule has 1 heterocycles. The van der Waals surface area contributed by atoms with E-state index in [-0.39, 0.29) is 6.42 Å². The van der Waals surface area contributed by atoms with Gasteiger partial charge in [-0.25, -0.2) is 0 Å². The van der Waals surface area contributed by atoms with Crippen molar-refractivity contribution in [3.8, 4) is 16.9 Å². The second kappa shape index (κ2) is 11.0. The first-order valence-electron chi connectivity index (χ1n) is 11.3. The molecule has 4 rings (SSSR count). The van der Waals surface area contributed by atoms with Crippen LogP contribution < -0.4 is 21.5 Å². The Balaban J connectivity index is 1.69. The maximum Gasteiger partial charge on any atom is 0.307 e. The van der Waals surface area contributed by atoms with Crippen LogP contribution in [0.4, 0.5) is 0 Å². The Labute approximate surface area is 198 Å². The quantitative estimate of drug-likeness (QED) is 0.251. The van der Waals surface area contributed by atoms with Gasteiger partial charge >= 0.3 is 5.97 Å². The van der Waals surface area contributed by atoms with Crippen LogP contribution in [-0.4, -0.2) is 24.2 Å². The lowest BCUT2D eigenvalue weighted by atomic mass is 9.99. The van der Waals surface area contributed by atoms with Crippen molar-refractivity contribution < 1.29 is 19.1 Å². The fraction of sp³-hybridized carbons (Fsp3) is 0.222. The summed E-state index contributed by atoms with van der Waals surface area (Å²) in [6, 6.07) is 21.4. The van der Waals surface area contributed by atoms with Crippen LogP contribution in [0.1, 0.15) is 22.5 Å². The fourth-order valence-corrected chi connectivity index (χ4v) is 3.95. The minimum Gasteiger partial charge on any atom is -0.489 e. The Hall–Kier alpha value is -3.65. The van der Waals surface area contributed by atoms with E-state index in [4.69, 9.17) is 20.6 Å². The van der Waals surface area contributed by atoms with Gasteiger partial charge in [0.1, 0.15) is 23.7 Å². The molecule has 6 N–H and O–H groups in total. The second-order valence-electron chi connectivity index (χ2n) is 8.11. The predicted octanol–water partition coefficient (Wildman–Crippen LogP) is 3.81. The number of nitrogens with one attached hydrogen (secondary N) is 1. The third kappa shape index (κ3) is 5.63. The summed E-state index contributed by atoms with van der Waals surface area (Å²) < 4.78 is 12.3. The molecule has 0 aliphatic carbocycles. The summed E-state index contributed by atoms with van der Waals surface area (Å²) in [4.78, 5) is 11.2. The SMILES string of the molecule is NCCNCc1cc2cc(COc3ccccc3CC(=O)O)cc(-c3cccc(CN)c3)c2o1. The smallest absolute Gasteiger partial charge is 0.307 e. The van der Waals surface area contributed by atoms with Gasteiger partial charge in [0.05, 0.1) is 13.0 Å². The molecule has 0 amide bonds. The van der Waals surface area contributed by atoms with Crippen molar-refractivity contribution in [1.29, 1.82) is 0 Å². The van der Waals surface area contributed by atoms with Crippen LogP contribution >= 0.6 is 0 Å². The Bertz CT molecular complexity index is 1280. The van der Waals surface area contributed by atoms with Crippen LogP contribution in [-0.2, 0) is 30.9 Å². The molecule has 0 saturated heterocycles. The van der Waals surface area contributed by atoms with E-state index < -0.39 is 5.97 Å². The standard InChI is InChI=1S/C27H29N3O4/c28-8-9-30-16-23-13-22-11-19(17-33-25-7-2-1-5-21(25)14-26(31)32)12-24(27(22)34-23)20-6-3-4-18(10-20)15-29/h1-7,10-13,30H,8-9,14-17,28-29H2,(H,31,32). The van der Waals surface area contributed by atoms with Gasteiger partial charge in [-0.1, -0.05) is 36.4 Å². The van der Waals surface area contributed by atoms with Gasteiger partial charge in [0.2, 0.25) is 0 Å². The highest BCUT2D eigenvalue weighted by Crippen LogP contribution is 2.34. The Kier molecular flexibility index (Phi) is 7.59. The first-order valence-corrected chi connectivity index (χ1v) is 11.3. The maximum atomic E-state index is 11.2. The molecule has 176 valence electrons. The summed E-state index contributed by atoms with van der Waals surface area (Å²) in [6.07, 6.45) is -0.0900. The number of para-hydroxylation sites is 1. The van der Waals surface area contributed by atoms with E-state index in [0.29, 0.717) is 44.1 Å². The van der Waals surface area contributed by atoms with Gasteiger partial charge in [0.25, 0.3) is 0 Å². The number of aliphatic carboxylic acids is 1. The lowest BCUT2D eigenvalue weighted by Crippen LogP contribution is -2.21. The van der Waals surface area contributed by atoms with Gasteiger partial charge in [-0.05, 0) is 47.0 Å². The highest BCUT2D eigenvalue weighted by molar-refractivity contribution is 5.93. The van der Waals surface area contributed by atoms with Crippen LogP contribution in [0.25, 0.3) is 22.1 Å². The molecule has 0 unspecified atom stereocenters. The van der Waals surface area contributed by atoms with Crippen LogP contribution in [0.3, 0.4) is 0 Å². The fourth-order valence-electron chi connectivity index (χ4n) is 3.95. The zero-order valence-electron chi connectivity index (χ0n) is 18.9. The molecule has 7 nitrogen and oxygen atoms in total. The number of carboxylic acid groups (broad SMARTS) is 1. The summed E-state index contributed by atoms with van der Waals surface area (Å²) in [6.45, 7) is 2.59. The lowest BCUT2D eigenvalue weighted by Gasteiger charge is -2.12. The van der Waals surface area contributed by atoms with E-state index >= 15 is 0 Å². The minimum absolute atomic E-state index is 0.0900. The summed E-state index contributed by atoms with van der Waals surface area (Å²) in [5, 5.41) is 13.4. The number of benzene rings is 3. The second-order valence-corrected chi connectivity index (χ2v) is 8.11. The van der Waals surface area contributed by atoms with E-state index in [1.54, 1.807) is 12.1 Å². The highest BCUT2D eigenvalue weighted by atomic mass is 16.5. The monoisotopic (exact) mass is 459 g/mol. The van der Waals surface area contributed by atoms with Crippen molar-refractivity contribution in [3.63, 3.8) is 0 Å². The summed E-state index contributed by atoms with van der Waals surface area (Å²) >= 11 is 0. The van der Waals surface area contributed by atoms with Crippen LogP contribution in [0.5, 0.6) is 5.75 Å². The zero-order chi connectivity index (χ0) is 23.9. The third-order valence-corrected chi connectivity index (χ3v) is 5.53. The van der Waals surface area contributed by atoms with Crippen molar-refractivity contribution >= 4 is 16.9 Å². The highest BCUT2D eigenvalue weighted by Gasteiger charge is 2.14. The number of rotatable bonds is 11. The average Bonchev–Trinajstić information content (AvgIpc) is 3.25. The van der Waals surface area contributed by atoms with Gasteiger partial charge < -0.3 is 31.0 Å². The Morgan fingerprint density at radius 1 is 1.00 bits per heavy atom. The van der Waals surface area contributed by atoms with Gasteiger partial charge in [0, 0.05) is 36.1 Å². The number of hydrogen-bond donors (Lipinski definition) is 4. The number of nitrogens with two attached hydrogens (primary N) is 2. The van der Waals surface area contributed by atoms with Crippen molar-refractivity contribution in [2.75, 3.05) is 13.1 Å². The van der Waals surface area contributed by atoms with E-state index in [0.717, 1.165) is 39.0 Å². The molecule has 0 aliphatic rings. The molecule has 7 heteroatoms. The number of hydrogen-bond acceptors (Lipinski definition) is 6. The molecule has 0 saturated carbocycles. The molecule has 0 atom stereocenters. The molecule has 0 radical (unpaired) electrons. The van der Waals surface area contributed by atoms with Crippen molar-refractivity contribution in [1.82, 2.24) is 5.32 Å². The molecule has 0 fully saturated rings. The first-order chi connectivity index (χ1) is 16.6. The summed E-state index contributed by atoms with van der Waals surface area (Å²) in [5.41, 5.74) is 16.8. The molecular weight excluding hydrogens is 430 g/mol. The van der Waals surface area contributed by atoms with E-state index in [1.165, 1.54) is 0 Å². The number of fused-ring (bicyclic) bond motifs is 1. The topological polar surface area (TPSA) is 124 Å². The molecule has 0 aliphatic heterocycles. The number of ether oxygens (including phenoxy) is 1. The van der Waals surface area contributed by atoms with Gasteiger partial charge in [0.15, 0.2) is 0 Å². The predicted molar refractivity (Wildman–Crippen MR) is 132 cm³/mol. The molecule has 0 bridgehead atoms. The number of carboxylic acids is 1. The normalized spacial score (nSPS) is 11.1.